The van der Waals surface area contributed by atoms with Gasteiger partial charge < -0.3 is 24.3 Å². The number of rotatable bonds is 4. The van der Waals surface area contributed by atoms with E-state index in [4.69, 9.17) is 13.9 Å². The Morgan fingerprint density at radius 3 is 2.79 bits per heavy atom. The summed E-state index contributed by atoms with van der Waals surface area (Å²) < 4.78 is 15.8. The van der Waals surface area contributed by atoms with Gasteiger partial charge in [-0.3, -0.25) is 4.79 Å². The van der Waals surface area contributed by atoms with Gasteiger partial charge in [0, 0.05) is 17.1 Å². The second kappa shape index (κ2) is 7.01. The highest BCUT2D eigenvalue weighted by atomic mass is 16.5. The van der Waals surface area contributed by atoms with Crippen LogP contribution in [0.25, 0.3) is 11.0 Å². The molecule has 0 aliphatic carbocycles. The van der Waals surface area contributed by atoms with E-state index in [1.165, 1.54) is 13.2 Å². The van der Waals surface area contributed by atoms with Crippen molar-refractivity contribution >= 4 is 22.6 Å². The van der Waals surface area contributed by atoms with E-state index in [-0.39, 0.29) is 35.0 Å². The van der Waals surface area contributed by atoms with Gasteiger partial charge in [0.2, 0.25) is 5.91 Å². The zero-order valence-corrected chi connectivity index (χ0v) is 15.5. The van der Waals surface area contributed by atoms with Crippen LogP contribution < -0.4 is 15.7 Å². The first-order valence-corrected chi connectivity index (χ1v) is 8.79. The molecule has 4 rings (SSSR count). The third kappa shape index (κ3) is 3.20. The van der Waals surface area contributed by atoms with Crippen LogP contribution in [0.2, 0.25) is 0 Å². The SMILES string of the molecule is COc1cc2c(C)c(CC(=O)Nc3ccc4c(c3)COC4)c(=O)oc2cc1O. The van der Waals surface area contributed by atoms with Crippen LogP contribution in [-0.4, -0.2) is 18.1 Å². The minimum atomic E-state index is -0.605. The van der Waals surface area contributed by atoms with Crippen LogP contribution in [-0.2, 0) is 29.2 Å². The normalized spacial score (nSPS) is 12.8. The molecule has 0 bridgehead atoms. The number of nitrogens with one attached hydrogen (secondary N) is 1. The van der Waals surface area contributed by atoms with Gasteiger partial charge in [-0.1, -0.05) is 6.07 Å². The topological polar surface area (TPSA) is 98.0 Å². The molecule has 0 saturated heterocycles. The van der Waals surface area contributed by atoms with Crippen molar-refractivity contribution < 1.29 is 23.8 Å². The lowest BCUT2D eigenvalue weighted by atomic mass is 10.0. The monoisotopic (exact) mass is 381 g/mol. The summed E-state index contributed by atoms with van der Waals surface area (Å²) in [5.41, 5.74) is 3.33. The number of carbonyl (C=O) groups excluding carboxylic acids is 1. The molecule has 0 spiro atoms. The van der Waals surface area contributed by atoms with Crippen molar-refractivity contribution in [2.24, 2.45) is 0 Å². The van der Waals surface area contributed by atoms with Gasteiger partial charge >= 0.3 is 5.63 Å². The van der Waals surface area contributed by atoms with Crippen LogP contribution in [0.5, 0.6) is 11.5 Å². The van der Waals surface area contributed by atoms with E-state index < -0.39 is 5.63 Å². The van der Waals surface area contributed by atoms with Gasteiger partial charge in [0.05, 0.1) is 32.3 Å². The van der Waals surface area contributed by atoms with E-state index in [2.05, 4.69) is 5.32 Å². The Labute approximate surface area is 160 Å². The van der Waals surface area contributed by atoms with Crippen LogP contribution in [0.15, 0.2) is 39.5 Å². The number of benzene rings is 2. The summed E-state index contributed by atoms with van der Waals surface area (Å²) in [4.78, 5) is 24.9. The fourth-order valence-electron chi connectivity index (χ4n) is 3.39. The molecule has 0 unspecified atom stereocenters. The lowest BCUT2D eigenvalue weighted by Crippen LogP contribution is -2.20. The Hall–Kier alpha value is -3.32. The van der Waals surface area contributed by atoms with E-state index in [0.717, 1.165) is 11.1 Å². The number of fused-ring (bicyclic) bond motifs is 2. The summed E-state index contributed by atoms with van der Waals surface area (Å²) in [6.07, 6.45) is -0.124. The largest absolute Gasteiger partial charge is 0.504 e. The molecule has 1 aliphatic heterocycles. The average molecular weight is 381 g/mol. The van der Waals surface area contributed by atoms with Crippen molar-refractivity contribution in [3.63, 3.8) is 0 Å². The zero-order chi connectivity index (χ0) is 19.8. The molecular weight excluding hydrogens is 362 g/mol. The Morgan fingerprint density at radius 1 is 1.21 bits per heavy atom. The van der Waals surface area contributed by atoms with Crippen LogP contribution in [0.3, 0.4) is 0 Å². The highest BCUT2D eigenvalue weighted by Crippen LogP contribution is 2.33. The number of aryl methyl sites for hydroxylation is 1. The van der Waals surface area contributed by atoms with Gasteiger partial charge in [0.25, 0.3) is 0 Å². The molecule has 1 aliphatic rings. The lowest BCUT2D eigenvalue weighted by Gasteiger charge is -2.11. The standard InChI is InChI=1S/C21H19NO6/c1-11-15-6-19(26-2)17(23)8-18(15)28-21(25)16(11)7-20(24)22-14-4-3-12-9-27-10-13(12)5-14/h3-6,8,23H,7,9-10H2,1-2H3,(H,22,24). The van der Waals surface area contributed by atoms with Crippen molar-refractivity contribution in [1.82, 2.24) is 0 Å². The summed E-state index contributed by atoms with van der Waals surface area (Å²) >= 11 is 0. The maximum Gasteiger partial charge on any atom is 0.340 e. The number of hydrogen-bond acceptors (Lipinski definition) is 6. The number of phenolic OH excluding ortho intramolecular Hbond substituents is 1. The lowest BCUT2D eigenvalue weighted by molar-refractivity contribution is -0.115. The summed E-state index contributed by atoms with van der Waals surface area (Å²) in [5.74, 6) is -0.178. The third-order valence-electron chi connectivity index (χ3n) is 4.93. The molecule has 0 fully saturated rings. The van der Waals surface area contributed by atoms with E-state index in [1.54, 1.807) is 13.0 Å². The molecule has 1 aromatic heterocycles. The van der Waals surface area contributed by atoms with Crippen LogP contribution in [0.1, 0.15) is 22.3 Å². The maximum atomic E-state index is 12.5. The molecular formula is C21H19NO6. The highest BCUT2D eigenvalue weighted by Gasteiger charge is 2.18. The molecule has 2 heterocycles. The zero-order valence-electron chi connectivity index (χ0n) is 15.5. The Balaban J connectivity index is 1.62. The molecule has 7 nitrogen and oxygen atoms in total. The number of phenols is 1. The summed E-state index contributed by atoms with van der Waals surface area (Å²) in [7, 11) is 1.44. The van der Waals surface area contributed by atoms with Gasteiger partial charge in [-0.25, -0.2) is 4.79 Å². The average Bonchev–Trinajstić information content (AvgIpc) is 3.12. The van der Waals surface area contributed by atoms with E-state index in [1.807, 2.05) is 18.2 Å². The maximum absolute atomic E-state index is 12.5. The second-order valence-electron chi connectivity index (χ2n) is 6.71. The minimum absolute atomic E-state index is 0.122. The van der Waals surface area contributed by atoms with Gasteiger partial charge in [-0.2, -0.15) is 0 Å². The molecule has 28 heavy (non-hydrogen) atoms. The van der Waals surface area contributed by atoms with Gasteiger partial charge in [-0.05, 0) is 41.8 Å². The minimum Gasteiger partial charge on any atom is -0.504 e. The molecule has 2 aromatic carbocycles. The molecule has 3 aromatic rings. The Morgan fingerprint density at radius 2 is 2.00 bits per heavy atom. The molecule has 1 amide bonds. The van der Waals surface area contributed by atoms with Gasteiger partial charge in [0.15, 0.2) is 11.5 Å². The molecule has 0 atom stereocenters. The fourth-order valence-corrected chi connectivity index (χ4v) is 3.39. The number of anilines is 1. The number of amides is 1. The molecule has 2 N–H and O–H groups in total. The first-order chi connectivity index (χ1) is 13.5. The molecule has 7 heteroatoms. The number of carbonyl (C=O) groups is 1. The third-order valence-corrected chi connectivity index (χ3v) is 4.93. The van der Waals surface area contributed by atoms with Crippen molar-refractivity contribution in [3.05, 3.63) is 63.0 Å². The number of methoxy groups -OCH3 is 1. The highest BCUT2D eigenvalue weighted by molar-refractivity contribution is 5.93. The number of ether oxygens (including phenoxy) is 2. The van der Waals surface area contributed by atoms with Crippen LogP contribution in [0.4, 0.5) is 5.69 Å². The predicted octanol–water partition coefficient (Wildman–Crippen LogP) is 3.03. The van der Waals surface area contributed by atoms with E-state index >= 15 is 0 Å². The Kier molecular flexibility index (Phi) is 4.52. The Bertz CT molecular complexity index is 1150. The van der Waals surface area contributed by atoms with Crippen molar-refractivity contribution in [1.29, 1.82) is 0 Å². The number of aromatic hydroxyl groups is 1. The molecule has 0 radical (unpaired) electrons. The molecule has 144 valence electrons. The summed E-state index contributed by atoms with van der Waals surface area (Å²) in [6, 6.07) is 8.54. The first kappa shape index (κ1) is 18.1. The molecule has 0 saturated carbocycles. The van der Waals surface area contributed by atoms with Crippen molar-refractivity contribution in [3.8, 4) is 11.5 Å². The van der Waals surface area contributed by atoms with Crippen molar-refractivity contribution in [2.45, 2.75) is 26.6 Å². The summed E-state index contributed by atoms with van der Waals surface area (Å²) in [6.45, 7) is 2.85. The van der Waals surface area contributed by atoms with E-state index in [0.29, 0.717) is 29.9 Å². The van der Waals surface area contributed by atoms with E-state index in [9.17, 15) is 14.7 Å². The second-order valence-corrected chi connectivity index (χ2v) is 6.71. The number of hydrogen-bond donors (Lipinski definition) is 2. The first-order valence-electron chi connectivity index (χ1n) is 8.79. The summed E-state index contributed by atoms with van der Waals surface area (Å²) in [5, 5.41) is 13.3. The predicted molar refractivity (Wildman–Crippen MR) is 103 cm³/mol. The fraction of sp³-hybridized carbons (Fsp3) is 0.238. The van der Waals surface area contributed by atoms with Gasteiger partial charge in [-0.15, -0.1) is 0 Å². The van der Waals surface area contributed by atoms with Crippen molar-refractivity contribution in [2.75, 3.05) is 12.4 Å². The quantitative estimate of drug-likeness (QED) is 0.674. The van der Waals surface area contributed by atoms with Gasteiger partial charge in [0.1, 0.15) is 5.58 Å². The smallest absolute Gasteiger partial charge is 0.340 e. The van der Waals surface area contributed by atoms with Crippen LogP contribution in [0, 0.1) is 6.92 Å². The van der Waals surface area contributed by atoms with Crippen LogP contribution >= 0.6 is 0 Å².